The van der Waals surface area contributed by atoms with Gasteiger partial charge in [0, 0.05) is 14.1 Å². The van der Waals surface area contributed by atoms with E-state index < -0.39 is 23.2 Å². The topological polar surface area (TPSA) is 69.6 Å². The second-order valence-corrected chi connectivity index (χ2v) is 4.49. The summed E-state index contributed by atoms with van der Waals surface area (Å²) in [5.41, 5.74) is 2.15. The number of carboxylic acids is 1. The van der Waals surface area contributed by atoms with E-state index in [1.165, 1.54) is 5.01 Å². The molecule has 1 rings (SSSR count). The highest BCUT2D eigenvalue weighted by Gasteiger charge is 2.65. The lowest BCUT2D eigenvalue weighted by atomic mass is 10.1. The fourth-order valence-electron chi connectivity index (χ4n) is 1.88. The number of carbonyl (C=O) groups excluding carboxylic acids is 1. The Bertz CT molecular complexity index is 273. The molecule has 0 aromatic rings. The summed E-state index contributed by atoms with van der Waals surface area (Å²) in [7, 11) is 3.39. The van der Waals surface area contributed by atoms with Crippen LogP contribution in [0.4, 0.5) is 0 Å². The van der Waals surface area contributed by atoms with Crippen LogP contribution in [0.5, 0.6) is 0 Å². The van der Waals surface area contributed by atoms with Gasteiger partial charge in [0.05, 0.1) is 11.8 Å². The average Bonchev–Trinajstić information content (AvgIpc) is 2.51. The van der Waals surface area contributed by atoms with Crippen LogP contribution in [0.1, 0.15) is 13.8 Å². The van der Waals surface area contributed by atoms with Gasteiger partial charge in [0.1, 0.15) is 0 Å². The van der Waals surface area contributed by atoms with E-state index in [2.05, 4.69) is 5.43 Å². The van der Waals surface area contributed by atoms with E-state index in [0.717, 1.165) is 0 Å². The molecule has 1 aliphatic rings. The summed E-state index contributed by atoms with van der Waals surface area (Å²) in [5, 5.41) is 10.4. The lowest BCUT2D eigenvalue weighted by Crippen LogP contribution is -2.38. The number of amides is 1. The van der Waals surface area contributed by atoms with Crippen LogP contribution >= 0.6 is 0 Å². The summed E-state index contributed by atoms with van der Waals surface area (Å²) in [6, 6.07) is 0. The molecule has 1 fully saturated rings. The molecule has 0 bridgehead atoms. The molecule has 14 heavy (non-hydrogen) atoms. The Hall–Kier alpha value is -1.10. The van der Waals surface area contributed by atoms with E-state index >= 15 is 0 Å². The van der Waals surface area contributed by atoms with Crippen molar-refractivity contribution >= 4 is 11.9 Å². The van der Waals surface area contributed by atoms with Gasteiger partial charge >= 0.3 is 5.97 Å². The van der Waals surface area contributed by atoms with E-state index in [1.54, 1.807) is 27.9 Å². The largest absolute Gasteiger partial charge is 0.481 e. The van der Waals surface area contributed by atoms with Crippen molar-refractivity contribution in [3.05, 3.63) is 0 Å². The van der Waals surface area contributed by atoms with Crippen molar-refractivity contribution in [3.63, 3.8) is 0 Å². The van der Waals surface area contributed by atoms with E-state index in [4.69, 9.17) is 5.11 Å². The first-order chi connectivity index (χ1) is 6.28. The number of carbonyl (C=O) groups is 2. The lowest BCUT2D eigenvalue weighted by molar-refractivity contribution is -0.141. The molecule has 0 heterocycles. The monoisotopic (exact) mass is 200 g/mol. The van der Waals surface area contributed by atoms with Gasteiger partial charge in [-0.2, -0.15) is 0 Å². The van der Waals surface area contributed by atoms with Crippen LogP contribution in [0.25, 0.3) is 0 Å². The van der Waals surface area contributed by atoms with E-state index in [0.29, 0.717) is 0 Å². The van der Waals surface area contributed by atoms with Gasteiger partial charge in [0.2, 0.25) is 5.91 Å². The molecule has 80 valence electrons. The van der Waals surface area contributed by atoms with Crippen molar-refractivity contribution in [3.8, 4) is 0 Å². The number of carboxylic acid groups (broad SMARTS) is 1. The first kappa shape index (κ1) is 11.0. The maximum Gasteiger partial charge on any atom is 0.307 e. The minimum absolute atomic E-state index is 0.215. The Labute approximate surface area is 83.1 Å². The highest BCUT2D eigenvalue weighted by atomic mass is 16.4. The van der Waals surface area contributed by atoms with E-state index in [-0.39, 0.29) is 5.91 Å². The summed E-state index contributed by atoms with van der Waals surface area (Å²) in [5.74, 6) is -2.08. The third-order valence-corrected chi connectivity index (χ3v) is 2.71. The molecule has 5 heteroatoms. The minimum Gasteiger partial charge on any atom is -0.481 e. The van der Waals surface area contributed by atoms with Crippen LogP contribution in [0.2, 0.25) is 0 Å². The second kappa shape index (κ2) is 3.24. The standard InChI is InChI=1S/C9H16N2O3/c1-9(2)5(6(9)8(13)14)7(12)10-11(3)4/h5-6H,1-4H3,(H,10,12)(H,13,14)/t5-,6+/m0/s1. The molecule has 1 amide bonds. The van der Waals surface area contributed by atoms with Crippen LogP contribution < -0.4 is 5.43 Å². The van der Waals surface area contributed by atoms with E-state index in [1.807, 2.05) is 0 Å². The zero-order valence-electron chi connectivity index (χ0n) is 8.87. The maximum atomic E-state index is 11.5. The van der Waals surface area contributed by atoms with Gasteiger partial charge in [0.15, 0.2) is 0 Å². The van der Waals surface area contributed by atoms with E-state index in [9.17, 15) is 9.59 Å². The maximum absolute atomic E-state index is 11.5. The fourth-order valence-corrected chi connectivity index (χ4v) is 1.88. The normalized spacial score (nSPS) is 28.6. The molecule has 0 radical (unpaired) electrons. The van der Waals surface area contributed by atoms with Crippen molar-refractivity contribution in [2.75, 3.05) is 14.1 Å². The predicted molar refractivity (Wildman–Crippen MR) is 50.2 cm³/mol. The van der Waals surface area contributed by atoms with Crippen LogP contribution in [0.3, 0.4) is 0 Å². The van der Waals surface area contributed by atoms with Crippen molar-refractivity contribution in [1.29, 1.82) is 0 Å². The second-order valence-electron chi connectivity index (χ2n) is 4.49. The summed E-state index contributed by atoms with van der Waals surface area (Å²) in [4.78, 5) is 22.3. The van der Waals surface area contributed by atoms with Crippen molar-refractivity contribution in [1.82, 2.24) is 10.4 Å². The SMILES string of the molecule is CN(C)NC(=O)[C@@H]1[C@H](C(=O)O)C1(C)C. The molecule has 1 aliphatic carbocycles. The van der Waals surface area contributed by atoms with Gasteiger partial charge in [-0.05, 0) is 5.41 Å². The number of hydrogen-bond acceptors (Lipinski definition) is 3. The number of nitrogens with one attached hydrogen (secondary N) is 1. The van der Waals surface area contributed by atoms with Crippen LogP contribution in [0.15, 0.2) is 0 Å². The Morgan fingerprint density at radius 3 is 2.07 bits per heavy atom. The average molecular weight is 200 g/mol. The molecule has 2 atom stereocenters. The molecule has 0 aromatic heterocycles. The van der Waals surface area contributed by atoms with Gasteiger partial charge in [0.25, 0.3) is 0 Å². The molecule has 0 spiro atoms. The van der Waals surface area contributed by atoms with Crippen molar-refractivity contribution in [2.24, 2.45) is 17.3 Å². The highest BCUT2D eigenvalue weighted by Crippen LogP contribution is 2.58. The van der Waals surface area contributed by atoms with Crippen LogP contribution in [-0.4, -0.2) is 36.1 Å². The smallest absolute Gasteiger partial charge is 0.307 e. The predicted octanol–water partition coefficient (Wildman–Crippen LogP) is -0.0640. The van der Waals surface area contributed by atoms with Crippen LogP contribution in [-0.2, 0) is 9.59 Å². The van der Waals surface area contributed by atoms with Gasteiger partial charge in [-0.1, -0.05) is 13.8 Å². The number of hydrogen-bond donors (Lipinski definition) is 2. The Morgan fingerprint density at radius 2 is 1.79 bits per heavy atom. The van der Waals surface area contributed by atoms with Crippen molar-refractivity contribution < 1.29 is 14.7 Å². The van der Waals surface area contributed by atoms with Gasteiger partial charge in [-0.3, -0.25) is 15.0 Å². The van der Waals surface area contributed by atoms with Gasteiger partial charge < -0.3 is 5.11 Å². The summed E-state index contributed by atoms with van der Waals surface area (Å²) >= 11 is 0. The summed E-state index contributed by atoms with van der Waals surface area (Å²) < 4.78 is 0. The zero-order chi connectivity index (χ0) is 11.1. The summed E-state index contributed by atoms with van der Waals surface area (Å²) in [6.45, 7) is 3.59. The number of hydrazine groups is 1. The molecule has 0 aromatic carbocycles. The molecular formula is C9H16N2O3. The molecule has 0 unspecified atom stereocenters. The quantitative estimate of drug-likeness (QED) is 0.626. The van der Waals surface area contributed by atoms with Gasteiger partial charge in [-0.15, -0.1) is 0 Å². The third-order valence-electron chi connectivity index (χ3n) is 2.71. The number of nitrogens with zero attached hydrogens (tertiary/aromatic N) is 1. The van der Waals surface area contributed by atoms with Crippen molar-refractivity contribution in [2.45, 2.75) is 13.8 Å². The molecule has 0 aliphatic heterocycles. The van der Waals surface area contributed by atoms with Gasteiger partial charge in [-0.25, -0.2) is 5.01 Å². The molecule has 5 nitrogen and oxygen atoms in total. The number of rotatable bonds is 3. The Morgan fingerprint density at radius 1 is 1.29 bits per heavy atom. The molecule has 1 saturated carbocycles. The summed E-state index contributed by atoms with van der Waals surface area (Å²) in [6.07, 6.45) is 0. The molecule has 0 saturated heterocycles. The van der Waals surface area contributed by atoms with Crippen LogP contribution in [0, 0.1) is 17.3 Å². The number of aliphatic carboxylic acids is 1. The lowest BCUT2D eigenvalue weighted by Gasteiger charge is -2.11. The molecular weight excluding hydrogens is 184 g/mol. The first-order valence-electron chi connectivity index (χ1n) is 4.49. The Kier molecular flexibility index (Phi) is 2.54. The minimum atomic E-state index is -0.895. The zero-order valence-corrected chi connectivity index (χ0v) is 8.87. The Balaban J connectivity index is 2.64. The fraction of sp³-hybridized carbons (Fsp3) is 0.778. The third kappa shape index (κ3) is 1.72. The first-order valence-corrected chi connectivity index (χ1v) is 4.49. The highest BCUT2D eigenvalue weighted by molar-refractivity contribution is 5.91. The molecule has 2 N–H and O–H groups in total.